The number of carbonyl (C=O) groups is 5. The molecular formula is C101H94F6N28O8. The number of morpholine rings is 1. The van der Waals surface area contributed by atoms with Crippen LogP contribution in [0, 0.1) is 60.6 Å². The number of piperazine rings is 1. The number of aryl methyl sites for hydroxylation is 2. The van der Waals surface area contributed by atoms with E-state index in [2.05, 4.69) is 156 Å². The van der Waals surface area contributed by atoms with Crippen LogP contribution >= 0.6 is 0 Å². The number of carbonyl (C=O) groups excluding carboxylic acids is 5. The summed E-state index contributed by atoms with van der Waals surface area (Å²) in [6.45, 7) is 13.6. The number of hydrogen-bond acceptors (Lipinski definition) is 21. The summed E-state index contributed by atoms with van der Waals surface area (Å²) in [5.41, 5.74) is 14.1. The van der Waals surface area contributed by atoms with Gasteiger partial charge in [-0.3, -0.25) is 59.3 Å². The van der Waals surface area contributed by atoms with Crippen molar-refractivity contribution in [1.29, 1.82) is 0 Å². The lowest BCUT2D eigenvalue weighted by atomic mass is 9.82. The molecule has 9 aromatic carbocycles. The van der Waals surface area contributed by atoms with Crippen LogP contribution in [-0.4, -0.2) is 215 Å². The Bertz CT molecular complexity index is 7680. The molecule has 5 amide bonds. The van der Waals surface area contributed by atoms with Gasteiger partial charge in [-0.15, -0.1) is 0 Å². The maximum Gasteiger partial charge on any atom is 0.261 e. The summed E-state index contributed by atoms with van der Waals surface area (Å²) in [4.78, 5) is 108. The van der Waals surface area contributed by atoms with Crippen LogP contribution in [-0.2, 0) is 22.6 Å². The highest BCUT2D eigenvalue weighted by molar-refractivity contribution is 6.10. The van der Waals surface area contributed by atoms with Crippen LogP contribution in [0.5, 0.6) is 11.5 Å². The Morgan fingerprint density at radius 3 is 1.15 bits per heavy atom. The standard InChI is InChI=1S/C23H23F2N7O2.C22H20F2N6O3.C19H13F2N5O.C19H17N5O.C18H21N5O/c1-31-7-9-32(10-8-31)12-13-18(33)6-5-16-20(13)29-22(27-16)21-17(11-26-30-21)28-23(34)19-14(24)3-2-4-15(19)25;23-13-2-1-3-14(24)18(13)22(32)27-16-10-25-29-20(16)21-26-15-4-5-17(31)12(19(15)28-21)11-30-6-8-33-9-7-30;20-12-7-4-8-13(21)16(12)19(27)25-15-10-23-26-17(15)18-22-9-14(24-18)11-5-2-1-3-6-11;1-11-6-5-7-12(2)16(11)19(25)23-15-10-20-24-17(15)18-21-13-8-3-4-9-14(13)22-18;1-11-6-8-12(9-7-11)18(24)22-15-10-19-23-16(15)17-20-13-4-2-3-5-14(13)21-17/h2-6,11,33H,7-10,12H2,1H3,(H,26,30)(H,27,29)(H,28,34);1-5,10,31H,6-9,11H2,(H,25,29)(H,26,28)(H,27,32);1-10H,(H,22,24)(H,23,26)(H,25,27);3-10H,1-2H3,(H,20,24)(H,21,22)(H,23,25);2-5,10-12H,6-9H2,1H3,(H,19,23)(H,20,21)(H,22,24). The van der Waals surface area contributed by atoms with Crippen molar-refractivity contribution in [2.45, 2.75) is 59.5 Å². The number of phenolic OH excluding ortho intramolecular Hbond substituents is 2. The molecule has 0 spiro atoms. The third-order valence-electron chi connectivity index (χ3n) is 24.7. The van der Waals surface area contributed by atoms with Gasteiger partial charge in [0.25, 0.3) is 23.6 Å². The molecule has 0 bridgehead atoms. The van der Waals surface area contributed by atoms with E-state index < -0.39 is 69.3 Å². The highest BCUT2D eigenvalue weighted by Crippen LogP contribution is 2.38. The number of amides is 5. The summed E-state index contributed by atoms with van der Waals surface area (Å²) in [6.07, 6.45) is 13.1. The minimum atomic E-state index is -0.968. The summed E-state index contributed by atoms with van der Waals surface area (Å²) in [5, 5.41) is 68.4. The molecule has 0 unspecified atom stereocenters. The maximum absolute atomic E-state index is 14.0. The van der Waals surface area contributed by atoms with Gasteiger partial charge in [0.1, 0.15) is 91.6 Å². The highest BCUT2D eigenvalue weighted by Gasteiger charge is 2.31. The summed E-state index contributed by atoms with van der Waals surface area (Å²) in [6, 6.07) is 47.3. The van der Waals surface area contributed by atoms with Crippen molar-refractivity contribution in [2.75, 3.05) is 86.1 Å². The smallest absolute Gasteiger partial charge is 0.261 e. The Balaban J connectivity index is 0.000000119. The average Bonchev–Trinajstić information content (AvgIpc) is 1.63. The number of fused-ring (bicyclic) bond motifs is 4. The number of benzene rings is 9. The highest BCUT2D eigenvalue weighted by atomic mass is 19.2. The zero-order valence-corrected chi connectivity index (χ0v) is 77.2. The predicted octanol–water partition coefficient (Wildman–Crippen LogP) is 17.5. The van der Waals surface area contributed by atoms with Gasteiger partial charge in [0.15, 0.2) is 29.1 Å². The fourth-order valence-electron chi connectivity index (χ4n) is 17.0. The number of nitrogens with one attached hydrogen (secondary N) is 15. The topological polar surface area (TPSA) is 492 Å². The SMILES string of the molecule is CC1CCC(C(=O)Nc2cn[nH]c2-c2nc3ccccc3[nH]2)CC1.CN1CCN(Cc2c(O)ccc3[nH]c(-c4[nH]ncc4NC(=O)c4c(F)cccc4F)nc23)CC1.Cc1cccc(C)c1C(=O)Nc1cn[nH]c1-c1nc2ccccc2[nH]1.O=C(Nc1cn[nH]c1-c1nc2c(CN3CCOCC3)c(O)ccc2[nH]1)c1c(F)cccc1F.O=C(Nc1cn[nH]c1-c1ncc(-c2ccccc2)[nH]1)c1c(F)cccc1F. The summed E-state index contributed by atoms with van der Waals surface area (Å²) < 4.78 is 89.0. The second-order valence-electron chi connectivity index (χ2n) is 34.4. The molecule has 17 N–H and O–H groups in total. The van der Waals surface area contributed by atoms with Gasteiger partial charge < -0.3 is 71.4 Å². The van der Waals surface area contributed by atoms with Gasteiger partial charge in [0.2, 0.25) is 5.91 Å². The Morgan fingerprint density at radius 2 is 0.734 bits per heavy atom. The summed E-state index contributed by atoms with van der Waals surface area (Å²) >= 11 is 0. The van der Waals surface area contributed by atoms with Crippen LogP contribution in [0.3, 0.4) is 0 Å². The lowest BCUT2D eigenvalue weighted by Crippen LogP contribution is -2.43. The number of likely N-dealkylation sites (N-methyl/N-ethyl adjacent to an activating group) is 1. The fraction of sp³-hybridized carbons (Fsp3) is 0.198. The number of H-pyrrole nitrogens is 10. The number of aromatic amines is 10. The number of anilines is 5. The Morgan fingerprint density at radius 1 is 0.378 bits per heavy atom. The molecule has 42 heteroatoms. The Kier molecular flexibility index (Phi) is 28.7. The molecule has 36 nitrogen and oxygen atoms in total. The zero-order valence-electron chi connectivity index (χ0n) is 77.2. The van der Waals surface area contributed by atoms with Gasteiger partial charge in [0, 0.05) is 75.0 Å². The van der Waals surface area contributed by atoms with Crippen LogP contribution in [0.25, 0.3) is 113 Å². The number of ether oxygens (including phenoxy) is 1. The van der Waals surface area contributed by atoms with Crippen LogP contribution < -0.4 is 26.6 Å². The number of nitrogens with zero attached hydrogens (tertiary/aromatic N) is 13. The second kappa shape index (κ2) is 42.8. The van der Waals surface area contributed by atoms with Crippen molar-refractivity contribution in [3.63, 3.8) is 0 Å². The van der Waals surface area contributed by atoms with E-state index in [1.54, 1.807) is 42.9 Å². The van der Waals surface area contributed by atoms with Crippen molar-refractivity contribution in [1.82, 2.24) is 116 Å². The summed E-state index contributed by atoms with van der Waals surface area (Å²) in [5.74, 6) is -5.07. The van der Waals surface area contributed by atoms with Crippen LogP contribution in [0.15, 0.2) is 213 Å². The maximum atomic E-state index is 14.0. The molecule has 2 saturated heterocycles. The third-order valence-corrected chi connectivity index (χ3v) is 24.7. The first-order chi connectivity index (χ1) is 69.4. The molecule has 0 radical (unpaired) electrons. The molecular weight excluding hydrogens is 1850 g/mol. The van der Waals surface area contributed by atoms with Crippen molar-refractivity contribution in [3.8, 4) is 80.3 Å². The lowest BCUT2D eigenvalue weighted by molar-refractivity contribution is -0.121. The summed E-state index contributed by atoms with van der Waals surface area (Å²) in [7, 11) is 2.08. The normalized spacial score (nSPS) is 14.4. The number of para-hydroxylation sites is 4. The van der Waals surface area contributed by atoms with E-state index in [0.29, 0.717) is 134 Å². The molecule has 1 saturated carbocycles. The number of hydrogen-bond donors (Lipinski definition) is 17. The van der Waals surface area contributed by atoms with Crippen molar-refractivity contribution < 1.29 is 65.3 Å². The average molecular weight is 1940 g/mol. The van der Waals surface area contributed by atoms with Gasteiger partial charge in [-0.25, -0.2) is 51.3 Å². The van der Waals surface area contributed by atoms with Gasteiger partial charge in [-0.05, 0) is 154 Å². The first-order valence-corrected chi connectivity index (χ1v) is 45.6. The van der Waals surface area contributed by atoms with E-state index in [0.717, 1.165) is 152 Å². The number of phenols is 2. The Hall–Kier alpha value is -17.5. The van der Waals surface area contributed by atoms with Gasteiger partial charge in [-0.2, -0.15) is 25.5 Å². The number of imidazole rings is 5. The van der Waals surface area contributed by atoms with Crippen LogP contribution in [0.2, 0.25) is 0 Å². The van der Waals surface area contributed by atoms with E-state index >= 15 is 0 Å². The van der Waals surface area contributed by atoms with Crippen LogP contribution in [0.1, 0.15) is 96.3 Å². The molecule has 3 aliphatic rings. The van der Waals surface area contributed by atoms with E-state index in [4.69, 9.17) is 4.74 Å². The molecule has 2 aliphatic heterocycles. The quantitative estimate of drug-likeness (QED) is 0.0315. The molecule has 1 aliphatic carbocycles. The number of aromatic hydroxyl groups is 2. The van der Waals surface area contributed by atoms with Gasteiger partial charge in [0.05, 0.1) is 129 Å². The van der Waals surface area contributed by atoms with Crippen molar-refractivity contribution >= 4 is 102 Å². The van der Waals surface area contributed by atoms with E-state index in [9.17, 15) is 60.5 Å². The van der Waals surface area contributed by atoms with E-state index in [1.165, 1.54) is 36.8 Å². The fourth-order valence-corrected chi connectivity index (χ4v) is 17.0. The molecule has 3 fully saturated rings. The van der Waals surface area contributed by atoms with Gasteiger partial charge in [-0.1, -0.05) is 97.9 Å². The predicted molar refractivity (Wildman–Crippen MR) is 525 cm³/mol. The molecule has 143 heavy (non-hydrogen) atoms. The van der Waals surface area contributed by atoms with E-state index in [-0.39, 0.29) is 46.3 Å². The number of rotatable bonds is 20. The first kappa shape index (κ1) is 95.8. The minimum absolute atomic E-state index is 0.0839. The monoisotopic (exact) mass is 1940 g/mol. The van der Waals surface area contributed by atoms with Crippen molar-refractivity contribution in [3.05, 3.63) is 293 Å². The number of aromatic nitrogens is 20. The van der Waals surface area contributed by atoms with Gasteiger partial charge >= 0.3 is 0 Å². The largest absolute Gasteiger partial charge is 0.508 e. The third kappa shape index (κ3) is 21.7. The van der Waals surface area contributed by atoms with Crippen molar-refractivity contribution in [2.24, 2.45) is 11.8 Å². The molecule has 728 valence electrons. The van der Waals surface area contributed by atoms with E-state index in [1.807, 2.05) is 111 Å². The zero-order chi connectivity index (χ0) is 99.5. The second-order valence-corrected chi connectivity index (χ2v) is 34.4. The molecule has 19 aromatic rings. The molecule has 10 aromatic heterocycles. The number of halogens is 6. The first-order valence-electron chi connectivity index (χ1n) is 45.6. The lowest BCUT2D eigenvalue weighted by Gasteiger charge is -2.32. The Labute approximate surface area is 809 Å². The molecule has 12 heterocycles. The molecule has 0 atom stereocenters. The van der Waals surface area contributed by atoms with Crippen LogP contribution in [0.4, 0.5) is 54.8 Å². The molecule has 22 rings (SSSR count). The minimum Gasteiger partial charge on any atom is -0.508 e.